The Morgan fingerprint density at radius 2 is 2.08 bits per heavy atom. The molecule has 0 atom stereocenters. The molecule has 0 spiro atoms. The Balaban J connectivity index is 0.00000288. The van der Waals surface area contributed by atoms with Crippen molar-refractivity contribution in [3.8, 4) is 0 Å². The Morgan fingerprint density at radius 1 is 1.25 bits per heavy atom. The van der Waals surface area contributed by atoms with Crippen LogP contribution in [0.3, 0.4) is 0 Å². The highest BCUT2D eigenvalue weighted by Crippen LogP contribution is 2.22. The lowest BCUT2D eigenvalue weighted by molar-refractivity contribution is 0.152. The summed E-state index contributed by atoms with van der Waals surface area (Å²) in [5, 5.41) is 7.72. The number of thiazole rings is 1. The summed E-state index contributed by atoms with van der Waals surface area (Å²) in [6.07, 6.45) is 1.98. The van der Waals surface area contributed by atoms with Crippen LogP contribution in [0.1, 0.15) is 25.3 Å². The second kappa shape index (κ2) is 12.4. The number of fused-ring (bicyclic) bond motifs is 1. The van der Waals surface area contributed by atoms with Crippen molar-refractivity contribution in [3.63, 3.8) is 0 Å². The molecule has 1 aromatic heterocycles. The van der Waals surface area contributed by atoms with Crippen LogP contribution in [-0.4, -0.2) is 43.8 Å². The number of hydrogen-bond acceptors (Lipinski definition) is 4. The second-order valence-electron chi connectivity index (χ2n) is 5.06. The summed E-state index contributed by atoms with van der Waals surface area (Å²) in [7, 11) is 0. The average molecular weight is 462 g/mol. The van der Waals surface area contributed by atoms with Crippen molar-refractivity contribution in [1.82, 2.24) is 15.6 Å². The third-order valence-corrected chi connectivity index (χ3v) is 4.34. The van der Waals surface area contributed by atoms with E-state index in [9.17, 15) is 0 Å². The number of halogens is 1. The number of para-hydroxylation sites is 1. The van der Waals surface area contributed by atoms with Crippen LogP contribution < -0.4 is 10.6 Å². The zero-order valence-electron chi connectivity index (χ0n) is 14.4. The summed E-state index contributed by atoms with van der Waals surface area (Å²) in [5.41, 5.74) is 1.10. The van der Waals surface area contributed by atoms with Crippen LogP contribution in [-0.2, 0) is 11.2 Å². The molecule has 0 saturated carbocycles. The fourth-order valence-corrected chi connectivity index (χ4v) is 3.18. The number of nitrogens with zero attached hydrogens (tertiary/aromatic N) is 2. The molecule has 0 aliphatic heterocycles. The summed E-state index contributed by atoms with van der Waals surface area (Å²) in [4.78, 5) is 9.25. The number of hydrogen-bond donors (Lipinski definition) is 2. The molecule has 24 heavy (non-hydrogen) atoms. The second-order valence-corrected chi connectivity index (χ2v) is 6.18. The smallest absolute Gasteiger partial charge is 0.191 e. The number of guanidine groups is 1. The Bertz CT molecular complexity index is 584. The van der Waals surface area contributed by atoms with Crippen LogP contribution in [0, 0.1) is 0 Å². The van der Waals surface area contributed by atoms with Crippen LogP contribution in [0.15, 0.2) is 29.3 Å². The molecule has 0 aliphatic rings. The van der Waals surface area contributed by atoms with Crippen molar-refractivity contribution in [2.45, 2.75) is 26.7 Å². The van der Waals surface area contributed by atoms with Gasteiger partial charge >= 0.3 is 0 Å². The van der Waals surface area contributed by atoms with Crippen LogP contribution >= 0.6 is 35.3 Å². The highest BCUT2D eigenvalue weighted by atomic mass is 127. The summed E-state index contributed by atoms with van der Waals surface area (Å²) in [6, 6.07) is 8.29. The summed E-state index contributed by atoms with van der Waals surface area (Å²) in [5.74, 6) is 0.858. The van der Waals surface area contributed by atoms with E-state index in [0.29, 0.717) is 6.61 Å². The lowest BCUT2D eigenvalue weighted by Gasteiger charge is -2.10. The molecule has 0 bridgehead atoms. The van der Waals surface area contributed by atoms with Gasteiger partial charge in [0.05, 0.1) is 21.8 Å². The van der Waals surface area contributed by atoms with E-state index in [0.717, 1.165) is 50.6 Å². The van der Waals surface area contributed by atoms with Crippen molar-refractivity contribution in [3.05, 3.63) is 29.3 Å². The van der Waals surface area contributed by atoms with Gasteiger partial charge in [-0.3, -0.25) is 4.99 Å². The van der Waals surface area contributed by atoms with Gasteiger partial charge in [-0.2, -0.15) is 0 Å². The number of aromatic nitrogens is 1. The predicted octanol–water partition coefficient (Wildman–Crippen LogP) is 3.44. The number of rotatable bonds is 9. The number of aliphatic imine (C=N–C) groups is 1. The van der Waals surface area contributed by atoms with Crippen molar-refractivity contribution in [2.24, 2.45) is 4.99 Å². The molecule has 0 unspecified atom stereocenters. The van der Waals surface area contributed by atoms with Gasteiger partial charge in [0.25, 0.3) is 0 Å². The van der Waals surface area contributed by atoms with Gasteiger partial charge in [-0.15, -0.1) is 35.3 Å². The maximum absolute atomic E-state index is 5.32. The van der Waals surface area contributed by atoms with Crippen molar-refractivity contribution >= 4 is 51.5 Å². The van der Waals surface area contributed by atoms with Crippen LogP contribution in [0.25, 0.3) is 10.2 Å². The molecule has 2 aromatic rings. The quantitative estimate of drug-likeness (QED) is 0.260. The number of benzene rings is 1. The van der Waals surface area contributed by atoms with E-state index in [-0.39, 0.29) is 24.0 Å². The van der Waals surface area contributed by atoms with Gasteiger partial charge in [0, 0.05) is 32.7 Å². The van der Waals surface area contributed by atoms with Crippen molar-refractivity contribution in [1.29, 1.82) is 0 Å². The van der Waals surface area contributed by atoms with Crippen molar-refractivity contribution in [2.75, 3.05) is 32.8 Å². The first-order valence-electron chi connectivity index (χ1n) is 8.27. The lowest BCUT2D eigenvalue weighted by Crippen LogP contribution is -2.39. The monoisotopic (exact) mass is 462 g/mol. The van der Waals surface area contributed by atoms with Gasteiger partial charge in [-0.1, -0.05) is 12.1 Å². The number of aryl methyl sites for hydroxylation is 1. The van der Waals surface area contributed by atoms with E-state index in [1.165, 1.54) is 9.71 Å². The minimum atomic E-state index is 0. The highest BCUT2D eigenvalue weighted by molar-refractivity contribution is 14.0. The largest absolute Gasteiger partial charge is 0.380 e. The zero-order valence-corrected chi connectivity index (χ0v) is 17.5. The van der Waals surface area contributed by atoms with Gasteiger partial charge in [0.2, 0.25) is 0 Å². The molecule has 0 amide bonds. The van der Waals surface area contributed by atoms with E-state index in [1.807, 2.05) is 13.0 Å². The molecule has 134 valence electrons. The molecular formula is C17H27IN4OS. The Labute approximate surface area is 165 Å². The van der Waals surface area contributed by atoms with Gasteiger partial charge in [-0.25, -0.2) is 4.98 Å². The molecule has 2 rings (SSSR count). The fraction of sp³-hybridized carbons (Fsp3) is 0.529. The van der Waals surface area contributed by atoms with Crippen LogP contribution in [0.5, 0.6) is 0 Å². The molecule has 2 N–H and O–H groups in total. The molecule has 1 aromatic carbocycles. The average Bonchev–Trinajstić information content (AvgIpc) is 2.98. The summed E-state index contributed by atoms with van der Waals surface area (Å²) < 4.78 is 6.58. The zero-order chi connectivity index (χ0) is 16.3. The molecular weight excluding hydrogens is 435 g/mol. The van der Waals surface area contributed by atoms with E-state index in [1.54, 1.807) is 11.3 Å². The summed E-state index contributed by atoms with van der Waals surface area (Å²) in [6.45, 7) is 7.95. The third-order valence-electron chi connectivity index (χ3n) is 3.24. The minimum Gasteiger partial charge on any atom is -0.380 e. The van der Waals surface area contributed by atoms with Gasteiger partial charge in [0.1, 0.15) is 0 Å². The molecule has 0 saturated heterocycles. The first-order valence-corrected chi connectivity index (χ1v) is 9.09. The van der Waals surface area contributed by atoms with Gasteiger partial charge < -0.3 is 15.4 Å². The molecule has 0 fully saturated rings. The normalized spacial score (nSPS) is 11.3. The molecule has 5 nitrogen and oxygen atoms in total. The minimum absolute atomic E-state index is 0. The fourth-order valence-electron chi connectivity index (χ4n) is 2.18. The first-order chi connectivity index (χ1) is 11.3. The van der Waals surface area contributed by atoms with Crippen LogP contribution in [0.2, 0.25) is 0 Å². The molecule has 0 radical (unpaired) electrons. The van der Waals surface area contributed by atoms with Gasteiger partial charge in [-0.05, 0) is 32.4 Å². The maximum atomic E-state index is 5.32. The van der Waals surface area contributed by atoms with E-state index >= 15 is 0 Å². The third kappa shape index (κ3) is 7.31. The number of nitrogens with one attached hydrogen (secondary N) is 2. The highest BCUT2D eigenvalue weighted by Gasteiger charge is 2.03. The summed E-state index contributed by atoms with van der Waals surface area (Å²) >= 11 is 1.78. The Morgan fingerprint density at radius 3 is 2.83 bits per heavy atom. The Hall–Kier alpha value is -0.930. The van der Waals surface area contributed by atoms with Crippen LogP contribution in [0.4, 0.5) is 0 Å². The topological polar surface area (TPSA) is 58.5 Å². The van der Waals surface area contributed by atoms with E-state index in [2.05, 4.69) is 45.7 Å². The molecule has 0 aliphatic carbocycles. The maximum Gasteiger partial charge on any atom is 0.191 e. The first kappa shape index (κ1) is 21.1. The molecule has 1 heterocycles. The van der Waals surface area contributed by atoms with Gasteiger partial charge in [0.15, 0.2) is 5.96 Å². The lowest BCUT2D eigenvalue weighted by atomic mass is 10.3. The molecule has 7 heteroatoms. The van der Waals surface area contributed by atoms with E-state index < -0.39 is 0 Å². The number of ether oxygens (including phenoxy) is 1. The SMILES string of the molecule is CCNC(=NCCCc1nc2ccccc2s1)NCCOCC.I. The van der Waals surface area contributed by atoms with Crippen molar-refractivity contribution < 1.29 is 4.74 Å². The predicted molar refractivity (Wildman–Crippen MR) is 114 cm³/mol. The van der Waals surface area contributed by atoms with E-state index in [4.69, 9.17) is 4.74 Å². The Kier molecular flexibility index (Phi) is 10.9. The standard InChI is InChI=1S/C17H26N4OS.HI/c1-3-18-17(20-12-13-22-4-2)19-11-7-10-16-21-14-8-5-6-9-15(14)23-16;/h5-6,8-9H,3-4,7,10-13H2,1-2H3,(H2,18,19,20);1H.